The van der Waals surface area contributed by atoms with Crippen LogP contribution in [0.3, 0.4) is 0 Å². The summed E-state index contributed by atoms with van der Waals surface area (Å²) in [5.41, 5.74) is 40.8. The predicted octanol–water partition coefficient (Wildman–Crippen LogP) is 0.360. The minimum atomic E-state index is -1.29. The molecule has 0 rings (SSSR count). The Hall–Kier alpha value is -7.13. The highest BCUT2D eigenvalue weighted by Crippen LogP contribution is 2.17. The molecule has 32 heteroatoms. The molecule has 32 nitrogen and oxygen atoms in total. The van der Waals surface area contributed by atoms with Gasteiger partial charge in [0.2, 0.25) is 76.8 Å². The summed E-state index contributed by atoms with van der Waals surface area (Å²) in [7, 11) is 0. The Morgan fingerprint density at radius 2 is 0.340 bits per heavy atom. The Labute approximate surface area is 631 Å². The van der Waals surface area contributed by atoms with Crippen LogP contribution in [-0.4, -0.2) is 189 Å². The van der Waals surface area contributed by atoms with Crippen molar-refractivity contribution in [2.75, 3.05) is 39.3 Å². The lowest BCUT2D eigenvalue weighted by Gasteiger charge is -2.29. The predicted molar refractivity (Wildman–Crippen MR) is 412 cm³/mol. The summed E-state index contributed by atoms with van der Waals surface area (Å²) < 4.78 is 0. The molecule has 0 spiro atoms. The molecule has 0 bridgehead atoms. The zero-order valence-electron chi connectivity index (χ0n) is 66.5. The highest BCUT2D eigenvalue weighted by molar-refractivity contribution is 5.99. The number of rotatable bonds is 60. The summed E-state index contributed by atoms with van der Waals surface area (Å²) in [4.78, 5) is 183. The average molecular weight is 1510 g/mol. The van der Waals surface area contributed by atoms with Crippen LogP contribution in [-0.2, 0) is 62.3 Å². The van der Waals surface area contributed by atoms with Gasteiger partial charge >= 0.3 is 0 Å². The van der Waals surface area contributed by atoms with E-state index in [9.17, 15) is 62.3 Å². The molecule has 0 saturated heterocycles. The lowest BCUT2D eigenvalue weighted by molar-refractivity contribution is -0.136. The highest BCUT2D eigenvalue weighted by atomic mass is 16.2. The molecule has 0 aromatic rings. The fourth-order valence-electron chi connectivity index (χ4n) is 12.0. The maximum Gasteiger partial charge on any atom is 0.243 e. The second-order valence-electron chi connectivity index (χ2n) is 30.8. The monoisotopic (exact) mass is 1510 g/mol. The summed E-state index contributed by atoms with van der Waals surface area (Å²) in [6.45, 7) is 25.2. The van der Waals surface area contributed by atoms with Gasteiger partial charge in [-0.25, -0.2) is 0 Å². The van der Waals surface area contributed by atoms with E-state index in [4.69, 9.17) is 40.1 Å². The molecule has 26 N–H and O–H groups in total. The van der Waals surface area contributed by atoms with Gasteiger partial charge in [-0.15, -0.1) is 0 Å². The van der Waals surface area contributed by atoms with Gasteiger partial charge in [0.25, 0.3) is 0 Å². The minimum Gasteiger partial charge on any atom is -0.368 e. The third kappa shape index (κ3) is 43.6. The molecule has 612 valence electrons. The Kier molecular flexibility index (Phi) is 52.4. The van der Waals surface area contributed by atoms with E-state index in [0.29, 0.717) is 103 Å². The summed E-state index contributed by atoms with van der Waals surface area (Å²) >= 11 is 0. The summed E-state index contributed by atoms with van der Waals surface area (Å²) in [5.74, 6) is -9.52. The standard InChI is InChI=1S/C74H143N19O13/c1-44(2)38-57(63(81)95)89-67(99)54(29-17-23-35-78)83-64(96)51(26-14-20-32-75)88-73(105)61(42-48(9)10)93-74(106)62(43-49(11)12)91-69(101)56(31-19-25-37-80)85-65(97)52(27-15-21-33-76)86-71(103)59(40-46(5)6)90-68(100)55(30-18-24-36-79)84-66(98)53(28-16-22-34-77)87-72(104)60(41-47(7)8)92-70(102)58(39-45(3)4)82-50(13)94/h44-49,51-62H,14-43,75-80H2,1-13H3,(H2,81,95)(H,82,94)(H,83,96)(H,84,98)(H,85,97)(H,86,103)(H,87,104)(H,88,105)(H,89,99)(H,90,100)(H,91,101)(H,92,102)(H,93,106)/t51-,52-,53-,54-,55-,56-,57-,58-,59-,60-,61-,62-/m0/s1. The molecule has 0 fully saturated rings. The third-order valence-electron chi connectivity index (χ3n) is 17.6. The van der Waals surface area contributed by atoms with Crippen molar-refractivity contribution in [3.8, 4) is 0 Å². The fraction of sp³-hybridized carbons (Fsp3) is 0.824. The van der Waals surface area contributed by atoms with Crippen molar-refractivity contribution in [3.05, 3.63) is 0 Å². The molecule has 0 unspecified atom stereocenters. The summed E-state index contributed by atoms with van der Waals surface area (Å²) in [6, 6.07) is -14.2. The lowest BCUT2D eigenvalue weighted by Crippen LogP contribution is -2.61. The Morgan fingerprint density at radius 1 is 0.208 bits per heavy atom. The topological polar surface area (TPSA) is 548 Å². The largest absolute Gasteiger partial charge is 0.368 e. The van der Waals surface area contributed by atoms with Crippen molar-refractivity contribution in [2.45, 2.75) is 317 Å². The van der Waals surface area contributed by atoms with E-state index >= 15 is 0 Å². The number of nitrogens with one attached hydrogen (secondary N) is 12. The second-order valence-corrected chi connectivity index (χ2v) is 30.8. The molecule has 0 aliphatic rings. The molecular weight excluding hydrogens is 1360 g/mol. The van der Waals surface area contributed by atoms with Crippen LogP contribution in [0.15, 0.2) is 0 Å². The molecule has 0 aromatic heterocycles. The van der Waals surface area contributed by atoms with Crippen LogP contribution in [0.1, 0.15) is 244 Å². The maximum absolute atomic E-state index is 14.8. The molecule has 0 aliphatic heterocycles. The van der Waals surface area contributed by atoms with E-state index < -0.39 is 149 Å². The molecule has 0 aromatic carbocycles. The van der Waals surface area contributed by atoms with Gasteiger partial charge in [-0.05, 0) is 229 Å². The molecule has 0 saturated carbocycles. The van der Waals surface area contributed by atoms with Crippen molar-refractivity contribution >= 4 is 76.8 Å². The van der Waals surface area contributed by atoms with Gasteiger partial charge in [0.05, 0.1) is 0 Å². The van der Waals surface area contributed by atoms with E-state index in [1.165, 1.54) is 6.92 Å². The van der Waals surface area contributed by atoms with E-state index in [1.54, 1.807) is 0 Å². The molecule has 0 radical (unpaired) electrons. The Morgan fingerprint density at radius 3 is 0.481 bits per heavy atom. The first-order chi connectivity index (χ1) is 50.0. The first-order valence-electron chi connectivity index (χ1n) is 39.1. The fourth-order valence-corrected chi connectivity index (χ4v) is 12.0. The van der Waals surface area contributed by atoms with Crippen LogP contribution in [0.25, 0.3) is 0 Å². The summed E-state index contributed by atoms with van der Waals surface area (Å²) in [6.07, 6.45) is 6.78. The quantitative estimate of drug-likeness (QED) is 0.0366. The highest BCUT2D eigenvalue weighted by Gasteiger charge is 2.38. The van der Waals surface area contributed by atoms with E-state index in [2.05, 4.69) is 63.8 Å². The van der Waals surface area contributed by atoms with Crippen LogP contribution < -0.4 is 104 Å². The Balaban J connectivity index is 7.30. The lowest BCUT2D eigenvalue weighted by atomic mass is 9.98. The molecule has 0 aliphatic carbocycles. The maximum atomic E-state index is 14.8. The Bertz CT molecular complexity index is 2650. The van der Waals surface area contributed by atoms with Gasteiger partial charge in [-0.1, -0.05) is 83.1 Å². The van der Waals surface area contributed by atoms with Gasteiger partial charge < -0.3 is 104 Å². The van der Waals surface area contributed by atoms with E-state index in [1.807, 2.05) is 83.1 Å². The van der Waals surface area contributed by atoms with Gasteiger partial charge in [-0.3, -0.25) is 62.3 Å². The number of primary amides is 1. The van der Waals surface area contributed by atoms with Crippen LogP contribution in [0.5, 0.6) is 0 Å². The SMILES string of the molecule is CC(=O)N[C@@H](CC(C)C)C(=O)N[C@@H](CC(C)C)C(=O)N[C@@H](CCCCN)C(=O)N[C@@H](CCCCN)C(=O)N[C@@H](CC(C)C)C(=O)N[C@@H](CCCCN)C(=O)N[C@@H](CCCCN)C(=O)N[C@@H](CC(C)C)C(=O)N[C@@H](CC(C)C)C(=O)N[C@@H](CCCCN)C(=O)N[C@@H](CCCCN)C(=O)N[C@@H](CC(C)C)C(N)=O. The number of amides is 13. The van der Waals surface area contributed by atoms with Gasteiger partial charge in [0, 0.05) is 6.92 Å². The van der Waals surface area contributed by atoms with E-state index in [0.717, 1.165) is 0 Å². The molecule has 0 heterocycles. The number of hydrogen-bond donors (Lipinski definition) is 19. The smallest absolute Gasteiger partial charge is 0.243 e. The van der Waals surface area contributed by atoms with Crippen molar-refractivity contribution in [2.24, 2.45) is 75.6 Å². The third-order valence-corrected chi connectivity index (χ3v) is 17.6. The number of nitrogens with two attached hydrogens (primary N) is 7. The number of carbonyl (C=O) groups excluding carboxylic acids is 13. The molecule has 13 amide bonds. The molecule has 12 atom stereocenters. The first-order valence-corrected chi connectivity index (χ1v) is 39.1. The zero-order chi connectivity index (χ0) is 80.6. The average Bonchev–Trinajstić information content (AvgIpc) is 0.861. The van der Waals surface area contributed by atoms with Crippen molar-refractivity contribution < 1.29 is 62.3 Å². The van der Waals surface area contributed by atoms with Crippen LogP contribution in [0, 0.1) is 35.5 Å². The van der Waals surface area contributed by atoms with Gasteiger partial charge in [-0.2, -0.15) is 0 Å². The van der Waals surface area contributed by atoms with Gasteiger partial charge in [0.15, 0.2) is 0 Å². The number of carbonyl (C=O) groups is 13. The summed E-state index contributed by atoms with van der Waals surface area (Å²) in [5, 5.41) is 33.5. The zero-order valence-corrected chi connectivity index (χ0v) is 66.5. The molecular formula is C74H143N19O13. The van der Waals surface area contributed by atoms with Crippen LogP contribution in [0.2, 0.25) is 0 Å². The first kappa shape index (κ1) is 98.9. The number of unbranched alkanes of at least 4 members (excludes halogenated alkanes) is 6. The van der Waals surface area contributed by atoms with Crippen LogP contribution >= 0.6 is 0 Å². The van der Waals surface area contributed by atoms with E-state index in [-0.39, 0.29) is 126 Å². The van der Waals surface area contributed by atoms with Crippen molar-refractivity contribution in [3.63, 3.8) is 0 Å². The number of hydrogen-bond acceptors (Lipinski definition) is 19. The van der Waals surface area contributed by atoms with Crippen molar-refractivity contribution in [1.82, 2.24) is 63.8 Å². The van der Waals surface area contributed by atoms with Crippen molar-refractivity contribution in [1.29, 1.82) is 0 Å². The minimum absolute atomic E-state index is 0.000526. The second kappa shape index (κ2) is 56.2. The van der Waals surface area contributed by atoms with Crippen LogP contribution in [0.4, 0.5) is 0 Å². The molecule has 106 heavy (non-hydrogen) atoms. The van der Waals surface area contributed by atoms with Gasteiger partial charge in [0.1, 0.15) is 72.5 Å². The normalized spacial score (nSPS) is 15.0.